The average Bonchev–Trinajstić information content (AvgIpc) is 3.38. The van der Waals surface area contributed by atoms with Gasteiger partial charge < -0.3 is 19.4 Å². The SMILES string of the molecule is COC(=O)c1c(NC(=O)CSc2nnc(C(C)Oc3ccc(C)cc3C)n2C)sc2c1CCC(C)C2. The van der Waals surface area contributed by atoms with Crippen LogP contribution in [0.5, 0.6) is 5.75 Å². The number of thioether (sulfide) groups is 1. The number of nitrogens with one attached hydrogen (secondary N) is 1. The third kappa shape index (κ3) is 5.59. The molecule has 1 aliphatic carbocycles. The lowest BCUT2D eigenvalue weighted by Gasteiger charge is -2.18. The number of ether oxygens (including phenoxy) is 2. The summed E-state index contributed by atoms with van der Waals surface area (Å²) in [7, 11) is 3.23. The van der Waals surface area contributed by atoms with E-state index in [-0.39, 0.29) is 17.8 Å². The Morgan fingerprint density at radius 2 is 2.08 bits per heavy atom. The molecule has 0 saturated carbocycles. The first-order valence-corrected chi connectivity index (χ1v) is 13.8. The molecular formula is C26H32N4O4S2. The van der Waals surface area contributed by atoms with Gasteiger partial charge >= 0.3 is 5.97 Å². The molecule has 8 nitrogen and oxygen atoms in total. The highest BCUT2D eigenvalue weighted by molar-refractivity contribution is 7.99. The van der Waals surface area contributed by atoms with Crippen LogP contribution < -0.4 is 10.1 Å². The summed E-state index contributed by atoms with van der Waals surface area (Å²) in [6.45, 7) is 8.20. The molecule has 10 heteroatoms. The molecule has 1 aliphatic rings. The molecule has 2 unspecified atom stereocenters. The summed E-state index contributed by atoms with van der Waals surface area (Å²) >= 11 is 2.77. The average molecular weight is 529 g/mol. The molecule has 2 aromatic heterocycles. The second-order valence-electron chi connectivity index (χ2n) is 9.31. The topological polar surface area (TPSA) is 95.3 Å². The zero-order valence-corrected chi connectivity index (χ0v) is 23.1. The Morgan fingerprint density at radius 1 is 1.31 bits per heavy atom. The van der Waals surface area contributed by atoms with Crippen LogP contribution in [-0.4, -0.2) is 39.5 Å². The highest BCUT2D eigenvalue weighted by atomic mass is 32.2. The van der Waals surface area contributed by atoms with Crippen LogP contribution in [0, 0.1) is 19.8 Å². The number of fused-ring (bicyclic) bond motifs is 1. The summed E-state index contributed by atoms with van der Waals surface area (Å²) in [4.78, 5) is 26.5. The molecule has 1 aromatic carbocycles. The van der Waals surface area contributed by atoms with Gasteiger partial charge in [-0.25, -0.2) is 4.79 Å². The molecule has 2 heterocycles. The predicted octanol–water partition coefficient (Wildman–Crippen LogP) is 5.28. The molecule has 36 heavy (non-hydrogen) atoms. The van der Waals surface area contributed by atoms with Crippen LogP contribution in [0.4, 0.5) is 5.00 Å². The molecule has 3 aromatic rings. The van der Waals surface area contributed by atoms with Gasteiger partial charge in [-0.15, -0.1) is 21.5 Å². The second kappa shape index (κ2) is 11.0. The maximum Gasteiger partial charge on any atom is 0.341 e. The van der Waals surface area contributed by atoms with Crippen molar-refractivity contribution < 1.29 is 19.1 Å². The summed E-state index contributed by atoms with van der Waals surface area (Å²) < 4.78 is 13.0. The Kier molecular flexibility index (Phi) is 8.04. The number of benzene rings is 1. The first-order valence-electron chi connectivity index (χ1n) is 12.0. The number of esters is 1. The monoisotopic (exact) mass is 528 g/mol. The summed E-state index contributed by atoms with van der Waals surface area (Å²) in [6, 6.07) is 6.06. The van der Waals surface area contributed by atoms with E-state index >= 15 is 0 Å². The van der Waals surface area contributed by atoms with E-state index in [4.69, 9.17) is 9.47 Å². The summed E-state index contributed by atoms with van der Waals surface area (Å²) in [5.74, 6) is 1.57. The predicted molar refractivity (Wildman–Crippen MR) is 142 cm³/mol. The molecule has 0 aliphatic heterocycles. The van der Waals surface area contributed by atoms with E-state index in [2.05, 4.69) is 28.5 Å². The molecule has 0 spiro atoms. The van der Waals surface area contributed by atoms with Crippen molar-refractivity contribution in [3.63, 3.8) is 0 Å². The van der Waals surface area contributed by atoms with Crippen molar-refractivity contribution in [3.05, 3.63) is 51.2 Å². The fourth-order valence-corrected chi connectivity index (χ4v) is 6.56. The van der Waals surface area contributed by atoms with E-state index < -0.39 is 5.97 Å². The number of aryl methyl sites for hydroxylation is 2. The number of rotatable bonds is 8. The van der Waals surface area contributed by atoms with Gasteiger partial charge in [0.25, 0.3) is 0 Å². The fourth-order valence-electron chi connectivity index (χ4n) is 4.43. The standard InChI is InChI=1S/C26H32N4O4S2/c1-14-8-10-19(16(3)11-14)34-17(4)23-28-29-26(30(23)5)35-13-21(31)27-24-22(25(32)33-6)18-9-7-15(2)12-20(18)36-24/h8,10-11,15,17H,7,9,12-13H2,1-6H3,(H,27,31). The number of carbonyl (C=O) groups is 2. The number of amides is 1. The van der Waals surface area contributed by atoms with E-state index in [1.807, 2.05) is 44.5 Å². The van der Waals surface area contributed by atoms with Crippen LogP contribution >= 0.6 is 23.1 Å². The van der Waals surface area contributed by atoms with Crippen LogP contribution in [0.1, 0.15) is 64.1 Å². The Bertz CT molecular complexity index is 1280. The number of hydrogen-bond acceptors (Lipinski definition) is 8. The smallest absolute Gasteiger partial charge is 0.341 e. The van der Waals surface area contributed by atoms with Gasteiger partial charge in [-0.2, -0.15) is 0 Å². The fraction of sp³-hybridized carbons (Fsp3) is 0.462. The number of nitrogens with zero attached hydrogens (tertiary/aromatic N) is 3. The third-order valence-electron chi connectivity index (χ3n) is 6.35. The van der Waals surface area contributed by atoms with Crippen LogP contribution in [0.25, 0.3) is 0 Å². The van der Waals surface area contributed by atoms with E-state index in [1.165, 1.54) is 35.8 Å². The van der Waals surface area contributed by atoms with Crippen LogP contribution in [0.15, 0.2) is 23.4 Å². The lowest BCUT2D eigenvalue weighted by atomic mass is 9.88. The third-order valence-corrected chi connectivity index (χ3v) is 8.54. The second-order valence-corrected chi connectivity index (χ2v) is 11.4. The first-order chi connectivity index (χ1) is 17.2. The Hall–Kier alpha value is -2.85. The van der Waals surface area contributed by atoms with Gasteiger partial charge in [0.05, 0.1) is 18.4 Å². The van der Waals surface area contributed by atoms with Crippen LogP contribution in [0.3, 0.4) is 0 Å². The molecule has 1 amide bonds. The number of hydrogen-bond donors (Lipinski definition) is 1. The molecule has 0 bridgehead atoms. The largest absolute Gasteiger partial charge is 0.482 e. The van der Waals surface area contributed by atoms with Gasteiger partial charge in [0.1, 0.15) is 10.8 Å². The molecule has 0 saturated heterocycles. The van der Waals surface area contributed by atoms with Gasteiger partial charge in [-0.1, -0.05) is 36.4 Å². The highest BCUT2D eigenvalue weighted by Crippen LogP contribution is 2.40. The van der Waals surface area contributed by atoms with E-state index in [0.29, 0.717) is 27.5 Å². The van der Waals surface area contributed by atoms with Gasteiger partial charge in [-0.3, -0.25) is 4.79 Å². The van der Waals surface area contributed by atoms with E-state index in [0.717, 1.165) is 41.0 Å². The van der Waals surface area contributed by atoms with E-state index in [9.17, 15) is 9.59 Å². The maximum atomic E-state index is 12.8. The van der Waals surface area contributed by atoms with Crippen LogP contribution in [-0.2, 0) is 29.4 Å². The molecule has 2 atom stereocenters. The number of carbonyl (C=O) groups excluding carboxylic acids is 2. The molecule has 0 fully saturated rings. The van der Waals surface area contributed by atoms with Gasteiger partial charge in [0.15, 0.2) is 17.1 Å². The number of thiophene rings is 1. The van der Waals surface area contributed by atoms with Crippen molar-refractivity contribution in [3.8, 4) is 5.75 Å². The lowest BCUT2D eigenvalue weighted by Crippen LogP contribution is -2.17. The highest BCUT2D eigenvalue weighted by Gasteiger charge is 2.29. The van der Waals surface area contributed by atoms with Crippen molar-refractivity contribution in [2.75, 3.05) is 18.2 Å². The lowest BCUT2D eigenvalue weighted by molar-refractivity contribution is -0.113. The van der Waals surface area contributed by atoms with Crippen molar-refractivity contribution in [2.24, 2.45) is 13.0 Å². The maximum absolute atomic E-state index is 12.8. The normalized spacial score (nSPS) is 15.8. The van der Waals surface area contributed by atoms with Gasteiger partial charge in [0, 0.05) is 11.9 Å². The van der Waals surface area contributed by atoms with E-state index in [1.54, 1.807) is 0 Å². The summed E-state index contributed by atoms with van der Waals surface area (Å²) in [5, 5.41) is 12.7. The quantitative estimate of drug-likeness (QED) is 0.314. The molecule has 4 rings (SSSR count). The van der Waals surface area contributed by atoms with Crippen molar-refractivity contribution in [1.29, 1.82) is 0 Å². The molecule has 0 radical (unpaired) electrons. The summed E-state index contributed by atoms with van der Waals surface area (Å²) in [5.41, 5.74) is 3.76. The number of anilines is 1. The zero-order chi connectivity index (χ0) is 26.0. The first kappa shape index (κ1) is 26.2. The number of aromatic nitrogens is 3. The van der Waals surface area contributed by atoms with Crippen LogP contribution in [0.2, 0.25) is 0 Å². The van der Waals surface area contributed by atoms with Crippen molar-refractivity contribution in [2.45, 2.75) is 58.2 Å². The minimum absolute atomic E-state index is 0.137. The zero-order valence-electron chi connectivity index (χ0n) is 21.5. The van der Waals surface area contributed by atoms with Crippen molar-refractivity contribution in [1.82, 2.24) is 14.8 Å². The van der Waals surface area contributed by atoms with Crippen molar-refractivity contribution >= 4 is 40.0 Å². The molecular weight excluding hydrogens is 496 g/mol. The van der Waals surface area contributed by atoms with Gasteiger partial charge in [-0.05, 0) is 63.1 Å². The Morgan fingerprint density at radius 3 is 2.81 bits per heavy atom. The minimum Gasteiger partial charge on any atom is -0.482 e. The number of methoxy groups -OCH3 is 1. The minimum atomic E-state index is -0.402. The molecule has 1 N–H and O–H groups in total. The molecule has 192 valence electrons. The van der Waals surface area contributed by atoms with Gasteiger partial charge in [0.2, 0.25) is 5.91 Å². The Labute approximate surface area is 219 Å². The summed E-state index contributed by atoms with van der Waals surface area (Å²) in [6.07, 6.45) is 2.46. The Balaban J connectivity index is 1.41.